The summed E-state index contributed by atoms with van der Waals surface area (Å²) in [4.78, 5) is 11.5. The SMILES string of the molecule is COC1=CC=C[SH]1C(CC(C)=O)c1ccccc1. The molecule has 2 unspecified atom stereocenters. The van der Waals surface area contributed by atoms with Crippen molar-refractivity contribution in [3.8, 4) is 0 Å². The van der Waals surface area contributed by atoms with E-state index in [1.165, 1.54) is 5.56 Å². The van der Waals surface area contributed by atoms with Crippen LogP contribution in [0.5, 0.6) is 0 Å². The number of allylic oxidation sites excluding steroid dienone is 2. The Labute approximate surface area is 111 Å². The quantitative estimate of drug-likeness (QED) is 0.818. The Morgan fingerprint density at radius 3 is 2.67 bits per heavy atom. The lowest BCUT2D eigenvalue weighted by Gasteiger charge is -2.27. The lowest BCUT2D eigenvalue weighted by Crippen LogP contribution is -2.05. The van der Waals surface area contributed by atoms with Crippen LogP contribution in [0.4, 0.5) is 0 Å². The van der Waals surface area contributed by atoms with Crippen molar-refractivity contribution in [2.24, 2.45) is 0 Å². The molecule has 3 heteroatoms. The minimum absolute atomic E-state index is 0.224. The largest absolute Gasteiger partial charge is 0.492 e. The zero-order valence-corrected chi connectivity index (χ0v) is 11.6. The molecule has 0 bridgehead atoms. The van der Waals surface area contributed by atoms with E-state index in [0.717, 1.165) is 5.09 Å². The first-order valence-electron chi connectivity index (χ1n) is 5.97. The maximum absolute atomic E-state index is 11.5. The highest BCUT2D eigenvalue weighted by Crippen LogP contribution is 2.54. The Morgan fingerprint density at radius 2 is 2.06 bits per heavy atom. The van der Waals surface area contributed by atoms with Crippen LogP contribution in [-0.4, -0.2) is 12.9 Å². The fourth-order valence-corrected chi connectivity index (χ4v) is 4.48. The molecule has 0 saturated carbocycles. The maximum Gasteiger partial charge on any atom is 0.137 e. The molecule has 0 aromatic heterocycles. The number of ketones is 1. The number of rotatable bonds is 5. The number of carbonyl (C=O) groups is 1. The molecule has 0 fully saturated rings. The third-order valence-electron chi connectivity index (χ3n) is 2.95. The maximum atomic E-state index is 11.5. The summed E-state index contributed by atoms with van der Waals surface area (Å²) in [5.41, 5.74) is 1.22. The van der Waals surface area contributed by atoms with E-state index < -0.39 is 10.9 Å². The van der Waals surface area contributed by atoms with Gasteiger partial charge in [0.05, 0.1) is 7.11 Å². The molecule has 0 amide bonds. The smallest absolute Gasteiger partial charge is 0.137 e. The topological polar surface area (TPSA) is 26.3 Å². The zero-order valence-electron chi connectivity index (χ0n) is 10.7. The minimum atomic E-state index is -0.543. The number of benzene rings is 1. The van der Waals surface area contributed by atoms with Crippen LogP contribution in [0.2, 0.25) is 0 Å². The second-order valence-corrected chi connectivity index (χ2v) is 6.47. The molecule has 96 valence electrons. The fraction of sp³-hybridized carbons (Fsp3) is 0.267. The molecule has 0 saturated heterocycles. The highest BCUT2D eigenvalue weighted by Gasteiger charge is 2.25. The van der Waals surface area contributed by atoms with E-state index in [1.54, 1.807) is 14.0 Å². The average Bonchev–Trinajstić information content (AvgIpc) is 2.85. The number of methoxy groups -OCH3 is 1. The van der Waals surface area contributed by atoms with Crippen LogP contribution < -0.4 is 0 Å². The molecule has 2 nitrogen and oxygen atoms in total. The van der Waals surface area contributed by atoms with Gasteiger partial charge in [-0.25, -0.2) is 0 Å². The Bertz CT molecular complexity index is 477. The first kappa shape index (κ1) is 13.0. The fourth-order valence-electron chi connectivity index (χ4n) is 2.13. The van der Waals surface area contributed by atoms with Crippen molar-refractivity contribution in [3.05, 3.63) is 58.5 Å². The third kappa shape index (κ3) is 2.85. The van der Waals surface area contributed by atoms with Gasteiger partial charge in [0.1, 0.15) is 10.9 Å². The minimum Gasteiger partial charge on any atom is -0.492 e. The van der Waals surface area contributed by atoms with Gasteiger partial charge >= 0.3 is 0 Å². The van der Waals surface area contributed by atoms with Crippen molar-refractivity contribution in [3.63, 3.8) is 0 Å². The molecule has 1 aliphatic rings. The number of hydrogen-bond donors (Lipinski definition) is 1. The van der Waals surface area contributed by atoms with Gasteiger partial charge in [-0.2, -0.15) is 10.9 Å². The molecule has 2 atom stereocenters. The summed E-state index contributed by atoms with van der Waals surface area (Å²) in [5.74, 6) is 0.224. The predicted molar refractivity (Wildman–Crippen MR) is 77.7 cm³/mol. The molecule has 1 aromatic rings. The normalized spacial score (nSPS) is 21.4. The van der Waals surface area contributed by atoms with Crippen LogP contribution >= 0.6 is 10.9 Å². The monoisotopic (exact) mass is 262 g/mol. The number of carbonyl (C=O) groups excluding carboxylic acids is 1. The van der Waals surface area contributed by atoms with Crippen LogP contribution in [0.25, 0.3) is 0 Å². The van der Waals surface area contributed by atoms with Gasteiger partial charge in [-0.05, 0) is 24.0 Å². The summed E-state index contributed by atoms with van der Waals surface area (Å²) in [6.45, 7) is 1.65. The number of thiol groups is 1. The van der Waals surface area contributed by atoms with Crippen molar-refractivity contribution in [1.29, 1.82) is 0 Å². The average molecular weight is 262 g/mol. The molecular formula is C15H18O2S. The van der Waals surface area contributed by atoms with Crippen molar-refractivity contribution >= 4 is 16.7 Å². The Morgan fingerprint density at radius 1 is 1.33 bits per heavy atom. The molecule has 2 rings (SSSR count). The van der Waals surface area contributed by atoms with E-state index in [1.807, 2.05) is 30.4 Å². The van der Waals surface area contributed by atoms with Gasteiger partial charge in [0.25, 0.3) is 0 Å². The molecule has 18 heavy (non-hydrogen) atoms. The van der Waals surface area contributed by atoms with Crippen molar-refractivity contribution in [2.45, 2.75) is 18.6 Å². The Hall–Kier alpha value is -1.48. The third-order valence-corrected chi connectivity index (χ3v) is 5.44. The highest BCUT2D eigenvalue weighted by atomic mass is 32.2. The van der Waals surface area contributed by atoms with Crippen molar-refractivity contribution in [2.75, 3.05) is 7.11 Å². The van der Waals surface area contributed by atoms with Crippen molar-refractivity contribution < 1.29 is 9.53 Å². The van der Waals surface area contributed by atoms with Crippen molar-refractivity contribution in [1.82, 2.24) is 0 Å². The molecule has 1 aliphatic heterocycles. The molecule has 0 N–H and O–H groups in total. The summed E-state index contributed by atoms with van der Waals surface area (Å²) >= 11 is 0. The summed E-state index contributed by atoms with van der Waals surface area (Å²) in [6.07, 6.45) is 4.60. The molecule has 0 radical (unpaired) electrons. The van der Waals surface area contributed by atoms with E-state index in [-0.39, 0.29) is 11.0 Å². The molecule has 1 heterocycles. The van der Waals surface area contributed by atoms with E-state index in [4.69, 9.17) is 4.74 Å². The molecular weight excluding hydrogens is 244 g/mol. The van der Waals surface area contributed by atoms with Gasteiger partial charge in [0.2, 0.25) is 0 Å². The highest BCUT2D eigenvalue weighted by molar-refractivity contribution is 8.23. The van der Waals surface area contributed by atoms with Gasteiger partial charge in [-0.3, -0.25) is 4.79 Å². The molecule has 0 spiro atoms. The molecule has 1 aromatic carbocycles. The van der Waals surface area contributed by atoms with E-state index in [9.17, 15) is 4.79 Å². The lowest BCUT2D eigenvalue weighted by atomic mass is 10.1. The number of Topliss-reactive ketones (excluding diaryl/α,β-unsaturated/α-hetero) is 1. The predicted octanol–water partition coefficient (Wildman–Crippen LogP) is 3.72. The standard InChI is InChI=1S/C15H18O2S/c1-12(16)11-14(13-7-4-3-5-8-13)18-10-6-9-15(18)17-2/h3-10,14,18H,11H2,1-2H3. The second-order valence-electron chi connectivity index (χ2n) is 4.29. The molecule has 0 aliphatic carbocycles. The van der Waals surface area contributed by atoms with Crippen LogP contribution in [0.1, 0.15) is 24.2 Å². The van der Waals surface area contributed by atoms with Crippen LogP contribution in [-0.2, 0) is 9.53 Å². The first-order valence-corrected chi connectivity index (χ1v) is 7.45. The van der Waals surface area contributed by atoms with E-state index in [2.05, 4.69) is 17.5 Å². The second kappa shape index (κ2) is 5.91. The number of hydrogen-bond acceptors (Lipinski definition) is 2. The number of ether oxygens (including phenoxy) is 1. The van der Waals surface area contributed by atoms with Gasteiger partial charge in [-0.1, -0.05) is 36.4 Å². The van der Waals surface area contributed by atoms with Gasteiger partial charge in [0.15, 0.2) is 0 Å². The summed E-state index contributed by atoms with van der Waals surface area (Å²) in [7, 11) is 1.16. The zero-order chi connectivity index (χ0) is 13.0. The van der Waals surface area contributed by atoms with Gasteiger partial charge in [-0.15, -0.1) is 0 Å². The van der Waals surface area contributed by atoms with Gasteiger partial charge < -0.3 is 4.74 Å². The Kier molecular flexibility index (Phi) is 4.26. The van der Waals surface area contributed by atoms with E-state index >= 15 is 0 Å². The van der Waals surface area contributed by atoms with Crippen LogP contribution in [0.3, 0.4) is 0 Å². The summed E-state index contributed by atoms with van der Waals surface area (Å²) in [6, 6.07) is 10.2. The Balaban J connectivity index is 2.29. The van der Waals surface area contributed by atoms with Crippen LogP contribution in [0.15, 0.2) is 53.0 Å². The summed E-state index contributed by atoms with van der Waals surface area (Å²) in [5, 5.41) is 3.40. The van der Waals surface area contributed by atoms with Gasteiger partial charge in [0, 0.05) is 11.7 Å². The van der Waals surface area contributed by atoms with Crippen LogP contribution in [0, 0.1) is 0 Å². The summed E-state index contributed by atoms with van der Waals surface area (Å²) < 4.78 is 5.42. The lowest BCUT2D eigenvalue weighted by molar-refractivity contribution is -0.117. The van der Waals surface area contributed by atoms with E-state index in [0.29, 0.717) is 6.42 Å². The first-order chi connectivity index (χ1) is 8.72.